The van der Waals surface area contributed by atoms with Crippen molar-refractivity contribution < 1.29 is 4.79 Å². The molecule has 0 saturated heterocycles. The van der Waals surface area contributed by atoms with Gasteiger partial charge in [-0.15, -0.1) is 0 Å². The Balaban J connectivity index is 1.58. The molecular weight excluding hydrogens is 298 g/mol. The van der Waals surface area contributed by atoms with E-state index in [9.17, 15) is 4.79 Å². The SMILES string of the molecule is Cc1ccc(-c2[nH]ncc2C(=O)NCCCc2ccccc2)cc1. The van der Waals surface area contributed by atoms with Crippen molar-refractivity contribution >= 4 is 5.91 Å². The number of nitrogens with zero attached hydrogens (tertiary/aromatic N) is 1. The molecule has 0 fully saturated rings. The van der Waals surface area contributed by atoms with E-state index in [0.717, 1.165) is 24.1 Å². The number of hydrogen-bond donors (Lipinski definition) is 2. The van der Waals surface area contributed by atoms with Crippen molar-refractivity contribution in [3.05, 3.63) is 77.5 Å². The Kier molecular flexibility index (Phi) is 5.06. The Morgan fingerprint density at radius 1 is 1.08 bits per heavy atom. The third-order valence-electron chi connectivity index (χ3n) is 3.99. The summed E-state index contributed by atoms with van der Waals surface area (Å²) in [5, 5.41) is 9.94. The number of carbonyl (C=O) groups is 1. The molecule has 3 aromatic rings. The van der Waals surface area contributed by atoms with Crippen LogP contribution in [0.15, 0.2) is 60.8 Å². The van der Waals surface area contributed by atoms with Crippen LogP contribution < -0.4 is 5.32 Å². The van der Waals surface area contributed by atoms with Gasteiger partial charge in [-0.1, -0.05) is 60.2 Å². The highest BCUT2D eigenvalue weighted by Crippen LogP contribution is 2.21. The molecule has 2 aromatic carbocycles. The van der Waals surface area contributed by atoms with Gasteiger partial charge in [0.1, 0.15) is 0 Å². The molecule has 122 valence electrons. The molecule has 0 spiro atoms. The molecule has 0 aliphatic heterocycles. The second kappa shape index (κ2) is 7.59. The molecule has 1 aromatic heterocycles. The van der Waals surface area contributed by atoms with Crippen molar-refractivity contribution in [2.24, 2.45) is 0 Å². The zero-order chi connectivity index (χ0) is 16.8. The van der Waals surface area contributed by atoms with E-state index in [-0.39, 0.29) is 5.91 Å². The van der Waals surface area contributed by atoms with Gasteiger partial charge in [0.05, 0.1) is 17.5 Å². The average molecular weight is 319 g/mol. The lowest BCUT2D eigenvalue weighted by atomic mass is 10.1. The van der Waals surface area contributed by atoms with Crippen molar-refractivity contribution in [3.63, 3.8) is 0 Å². The largest absolute Gasteiger partial charge is 0.352 e. The van der Waals surface area contributed by atoms with Gasteiger partial charge in [-0.05, 0) is 25.3 Å². The monoisotopic (exact) mass is 319 g/mol. The number of rotatable bonds is 6. The van der Waals surface area contributed by atoms with E-state index in [1.807, 2.05) is 49.4 Å². The molecule has 4 nitrogen and oxygen atoms in total. The van der Waals surface area contributed by atoms with Gasteiger partial charge < -0.3 is 5.32 Å². The number of hydrogen-bond acceptors (Lipinski definition) is 2. The molecule has 1 heterocycles. The van der Waals surface area contributed by atoms with E-state index in [2.05, 4.69) is 27.6 Å². The summed E-state index contributed by atoms with van der Waals surface area (Å²) in [4.78, 5) is 12.4. The smallest absolute Gasteiger partial charge is 0.255 e. The molecule has 0 saturated carbocycles. The maximum absolute atomic E-state index is 12.4. The van der Waals surface area contributed by atoms with Gasteiger partial charge in [0.2, 0.25) is 0 Å². The Bertz CT molecular complexity index is 791. The molecule has 24 heavy (non-hydrogen) atoms. The summed E-state index contributed by atoms with van der Waals surface area (Å²) in [7, 11) is 0. The van der Waals surface area contributed by atoms with Gasteiger partial charge in [0, 0.05) is 12.1 Å². The summed E-state index contributed by atoms with van der Waals surface area (Å²) >= 11 is 0. The highest BCUT2D eigenvalue weighted by molar-refractivity contribution is 5.99. The molecule has 0 aliphatic rings. The lowest BCUT2D eigenvalue weighted by Gasteiger charge is -2.06. The van der Waals surface area contributed by atoms with Gasteiger partial charge >= 0.3 is 0 Å². The highest BCUT2D eigenvalue weighted by Gasteiger charge is 2.14. The van der Waals surface area contributed by atoms with Crippen molar-refractivity contribution in [2.75, 3.05) is 6.54 Å². The van der Waals surface area contributed by atoms with Crippen LogP contribution >= 0.6 is 0 Å². The fourth-order valence-electron chi connectivity index (χ4n) is 2.63. The van der Waals surface area contributed by atoms with Crippen molar-refractivity contribution in [1.82, 2.24) is 15.5 Å². The van der Waals surface area contributed by atoms with Gasteiger partial charge in [-0.2, -0.15) is 5.10 Å². The van der Waals surface area contributed by atoms with E-state index in [1.165, 1.54) is 11.1 Å². The van der Waals surface area contributed by atoms with Gasteiger partial charge in [0.15, 0.2) is 0 Å². The fraction of sp³-hybridized carbons (Fsp3) is 0.200. The van der Waals surface area contributed by atoms with E-state index in [1.54, 1.807) is 6.20 Å². The van der Waals surface area contributed by atoms with Crippen LogP contribution in [0.25, 0.3) is 11.3 Å². The standard InChI is InChI=1S/C20H21N3O/c1-15-9-11-17(12-10-15)19-18(14-22-23-19)20(24)21-13-5-8-16-6-3-2-4-7-16/h2-4,6-7,9-12,14H,5,8,13H2,1H3,(H,21,24)(H,22,23). The fourth-order valence-corrected chi connectivity index (χ4v) is 2.63. The number of aromatic nitrogens is 2. The predicted octanol–water partition coefficient (Wildman–Crippen LogP) is 3.75. The van der Waals surface area contributed by atoms with Gasteiger partial charge in [0.25, 0.3) is 5.91 Å². The maximum atomic E-state index is 12.4. The molecule has 0 aliphatic carbocycles. The number of benzene rings is 2. The normalized spacial score (nSPS) is 10.5. The Labute approximate surface area is 141 Å². The summed E-state index contributed by atoms with van der Waals surface area (Å²) in [6.07, 6.45) is 3.45. The maximum Gasteiger partial charge on any atom is 0.255 e. The third kappa shape index (κ3) is 3.90. The van der Waals surface area contributed by atoms with E-state index >= 15 is 0 Å². The minimum Gasteiger partial charge on any atom is -0.352 e. The molecule has 1 amide bonds. The minimum absolute atomic E-state index is 0.0904. The van der Waals surface area contributed by atoms with E-state index < -0.39 is 0 Å². The zero-order valence-electron chi connectivity index (χ0n) is 13.8. The second-order valence-corrected chi connectivity index (χ2v) is 5.87. The second-order valence-electron chi connectivity index (χ2n) is 5.87. The van der Waals surface area contributed by atoms with Gasteiger partial charge in [-0.25, -0.2) is 0 Å². The highest BCUT2D eigenvalue weighted by atomic mass is 16.1. The average Bonchev–Trinajstić information content (AvgIpc) is 3.10. The first-order valence-electron chi connectivity index (χ1n) is 8.16. The number of aryl methyl sites for hydroxylation is 2. The van der Waals surface area contributed by atoms with Crippen molar-refractivity contribution in [1.29, 1.82) is 0 Å². The molecule has 0 atom stereocenters. The summed E-state index contributed by atoms with van der Waals surface area (Å²) < 4.78 is 0. The Hall–Kier alpha value is -2.88. The molecule has 3 rings (SSSR count). The summed E-state index contributed by atoms with van der Waals surface area (Å²) in [5.41, 5.74) is 4.78. The summed E-state index contributed by atoms with van der Waals surface area (Å²) in [6.45, 7) is 2.68. The number of aromatic amines is 1. The molecule has 2 N–H and O–H groups in total. The number of amides is 1. The Morgan fingerprint density at radius 3 is 2.58 bits per heavy atom. The predicted molar refractivity (Wildman–Crippen MR) is 95.9 cm³/mol. The molecule has 0 bridgehead atoms. The number of carbonyl (C=O) groups excluding carboxylic acids is 1. The third-order valence-corrected chi connectivity index (χ3v) is 3.99. The summed E-state index contributed by atoms with van der Waals surface area (Å²) in [6, 6.07) is 18.3. The molecule has 0 radical (unpaired) electrons. The number of H-pyrrole nitrogens is 1. The first kappa shape index (κ1) is 16.0. The van der Waals surface area contributed by atoms with Crippen LogP contribution in [-0.4, -0.2) is 22.6 Å². The van der Waals surface area contributed by atoms with Crippen LogP contribution in [0.2, 0.25) is 0 Å². The summed E-state index contributed by atoms with van der Waals surface area (Å²) in [5.74, 6) is -0.0904. The molecule has 4 heteroatoms. The van der Waals surface area contributed by atoms with Crippen molar-refractivity contribution in [2.45, 2.75) is 19.8 Å². The lowest BCUT2D eigenvalue weighted by molar-refractivity contribution is 0.0954. The molecular formula is C20H21N3O. The number of nitrogens with one attached hydrogen (secondary N) is 2. The Morgan fingerprint density at radius 2 is 1.83 bits per heavy atom. The van der Waals surface area contributed by atoms with Crippen LogP contribution in [0.3, 0.4) is 0 Å². The van der Waals surface area contributed by atoms with Crippen LogP contribution in [0.1, 0.15) is 27.9 Å². The molecule has 0 unspecified atom stereocenters. The van der Waals surface area contributed by atoms with Crippen LogP contribution in [0, 0.1) is 6.92 Å². The minimum atomic E-state index is -0.0904. The van der Waals surface area contributed by atoms with Crippen LogP contribution in [0.4, 0.5) is 0 Å². The van der Waals surface area contributed by atoms with Crippen LogP contribution in [0.5, 0.6) is 0 Å². The quantitative estimate of drug-likeness (QED) is 0.680. The first-order chi connectivity index (χ1) is 11.7. The van der Waals surface area contributed by atoms with Gasteiger partial charge in [-0.3, -0.25) is 9.89 Å². The lowest BCUT2D eigenvalue weighted by Crippen LogP contribution is -2.24. The van der Waals surface area contributed by atoms with E-state index in [0.29, 0.717) is 12.1 Å². The zero-order valence-corrected chi connectivity index (χ0v) is 13.8. The van der Waals surface area contributed by atoms with Crippen molar-refractivity contribution in [3.8, 4) is 11.3 Å². The topological polar surface area (TPSA) is 57.8 Å². The van der Waals surface area contributed by atoms with Crippen LogP contribution in [-0.2, 0) is 6.42 Å². The van der Waals surface area contributed by atoms with E-state index in [4.69, 9.17) is 0 Å². The first-order valence-corrected chi connectivity index (χ1v) is 8.16.